The van der Waals surface area contributed by atoms with Crippen molar-refractivity contribution in [3.05, 3.63) is 87.1 Å². The Bertz CT molecular complexity index is 1300. The van der Waals surface area contributed by atoms with Crippen LogP contribution in [0.4, 0.5) is 0 Å². The summed E-state index contributed by atoms with van der Waals surface area (Å²) in [5, 5.41) is 9.36. The van der Waals surface area contributed by atoms with Gasteiger partial charge in [0, 0.05) is 30.8 Å². The minimum Gasteiger partial charge on any atom is -0.340 e. The first kappa shape index (κ1) is 26.0. The first-order valence-electron chi connectivity index (χ1n) is 10.4. The zero-order valence-corrected chi connectivity index (χ0v) is 21.9. The number of sulfonamides is 1. The van der Waals surface area contributed by atoms with Crippen molar-refractivity contribution >= 4 is 43.5 Å². The summed E-state index contributed by atoms with van der Waals surface area (Å²) < 4.78 is 31.7. The molecule has 0 spiro atoms. The van der Waals surface area contributed by atoms with Crippen molar-refractivity contribution in [3.8, 4) is 6.07 Å². The average molecular weight is 564 g/mol. The van der Waals surface area contributed by atoms with E-state index in [2.05, 4.69) is 26.7 Å². The van der Waals surface area contributed by atoms with Crippen LogP contribution in [0.3, 0.4) is 0 Å². The molecule has 1 amide bonds. The smallest absolute Gasteiger partial charge is 0.243 e. The van der Waals surface area contributed by atoms with Crippen LogP contribution in [-0.4, -0.2) is 36.9 Å². The molecule has 1 N–H and O–H groups in total. The number of benzene rings is 2. The molecule has 0 bridgehead atoms. The Morgan fingerprint density at radius 2 is 1.91 bits per heavy atom. The molecule has 0 aliphatic rings. The van der Waals surface area contributed by atoms with Crippen LogP contribution in [-0.2, 0) is 27.9 Å². The minimum absolute atomic E-state index is 0.0521. The summed E-state index contributed by atoms with van der Waals surface area (Å²) in [7, 11) is -2.47. The highest BCUT2D eigenvalue weighted by molar-refractivity contribution is 9.10. The molecule has 10 heteroatoms. The summed E-state index contributed by atoms with van der Waals surface area (Å²) in [5.41, 5.74) is 1.81. The third-order valence-corrected chi connectivity index (χ3v) is 7.97. The molecule has 1 aromatic heterocycles. The molecule has 0 saturated heterocycles. The van der Waals surface area contributed by atoms with Gasteiger partial charge in [-0.1, -0.05) is 51.8 Å². The van der Waals surface area contributed by atoms with Gasteiger partial charge in [-0.2, -0.15) is 9.98 Å². The second-order valence-electron chi connectivity index (χ2n) is 7.87. The lowest BCUT2D eigenvalue weighted by Gasteiger charge is -2.25. The fourth-order valence-corrected chi connectivity index (χ4v) is 5.94. The number of carbonyl (C=O) groups is 1. The molecule has 0 aliphatic heterocycles. The molecular formula is C24H24BrClN4O3S. The Hall–Kier alpha value is -2.64. The maximum atomic E-state index is 13.4. The summed E-state index contributed by atoms with van der Waals surface area (Å²) in [6, 6.07) is 16.8. The fourth-order valence-electron chi connectivity index (χ4n) is 3.62. The van der Waals surface area contributed by atoms with E-state index in [1.54, 1.807) is 49.0 Å². The Balaban J connectivity index is 1.87. The van der Waals surface area contributed by atoms with Crippen LogP contribution < -0.4 is 4.72 Å². The standard InChI is InChI=1S/C24H24BrClN4O3S/c1-17-5-3-7-21(26)23(17)34(32,33)28-22(12-14-30-13-4-6-20(30)15-27)24(31)29(2)16-18-8-10-19(25)11-9-18/h3-11,13,22,28H,12,14,16H2,1-2H3. The topological polar surface area (TPSA) is 95.2 Å². The molecule has 0 radical (unpaired) electrons. The number of likely N-dealkylation sites (N-methyl/N-ethyl adjacent to an activating group) is 1. The molecule has 3 aromatic rings. The van der Waals surface area contributed by atoms with E-state index in [-0.39, 0.29) is 28.8 Å². The monoisotopic (exact) mass is 562 g/mol. The van der Waals surface area contributed by atoms with Gasteiger partial charge in [-0.3, -0.25) is 4.79 Å². The molecular weight excluding hydrogens is 540 g/mol. The average Bonchev–Trinajstić information content (AvgIpc) is 3.25. The van der Waals surface area contributed by atoms with Gasteiger partial charge >= 0.3 is 0 Å². The number of hydrogen-bond donors (Lipinski definition) is 1. The highest BCUT2D eigenvalue weighted by Crippen LogP contribution is 2.25. The number of nitrogens with one attached hydrogen (secondary N) is 1. The molecule has 2 aromatic carbocycles. The summed E-state index contributed by atoms with van der Waals surface area (Å²) in [4.78, 5) is 14.8. The van der Waals surface area contributed by atoms with Crippen molar-refractivity contribution in [2.24, 2.45) is 0 Å². The van der Waals surface area contributed by atoms with Crippen LogP contribution in [0.2, 0.25) is 5.02 Å². The van der Waals surface area contributed by atoms with E-state index in [1.165, 1.54) is 11.0 Å². The van der Waals surface area contributed by atoms with Gasteiger partial charge in [0.2, 0.25) is 15.9 Å². The van der Waals surface area contributed by atoms with Crippen LogP contribution in [0.15, 0.2) is 70.2 Å². The number of aryl methyl sites for hydroxylation is 2. The Kier molecular flexibility index (Phi) is 8.55. The van der Waals surface area contributed by atoms with E-state index in [4.69, 9.17) is 11.6 Å². The number of halogens is 2. The van der Waals surface area contributed by atoms with Crippen molar-refractivity contribution in [3.63, 3.8) is 0 Å². The highest BCUT2D eigenvalue weighted by Gasteiger charge is 2.30. The van der Waals surface area contributed by atoms with Gasteiger partial charge in [0.15, 0.2) is 0 Å². The van der Waals surface area contributed by atoms with Crippen molar-refractivity contribution in [1.82, 2.24) is 14.2 Å². The van der Waals surface area contributed by atoms with Gasteiger partial charge in [-0.25, -0.2) is 8.42 Å². The minimum atomic E-state index is -4.09. The number of amides is 1. The van der Waals surface area contributed by atoms with Crippen LogP contribution in [0.5, 0.6) is 0 Å². The van der Waals surface area contributed by atoms with Gasteiger partial charge in [0.1, 0.15) is 22.7 Å². The molecule has 1 unspecified atom stereocenters. The largest absolute Gasteiger partial charge is 0.340 e. The normalized spacial score (nSPS) is 12.2. The van der Waals surface area contributed by atoms with Crippen molar-refractivity contribution in [1.29, 1.82) is 5.26 Å². The van der Waals surface area contributed by atoms with E-state index >= 15 is 0 Å². The molecule has 178 valence electrons. The van der Waals surface area contributed by atoms with Gasteiger partial charge in [0.25, 0.3) is 0 Å². The van der Waals surface area contributed by atoms with Gasteiger partial charge < -0.3 is 9.47 Å². The number of rotatable bonds is 9. The molecule has 0 aliphatic carbocycles. The van der Waals surface area contributed by atoms with Crippen molar-refractivity contribution < 1.29 is 13.2 Å². The summed E-state index contributed by atoms with van der Waals surface area (Å²) in [6.07, 6.45) is 1.87. The molecule has 0 fully saturated rings. The molecule has 3 rings (SSSR count). The zero-order valence-electron chi connectivity index (χ0n) is 18.7. The summed E-state index contributed by atoms with van der Waals surface area (Å²) in [6.45, 7) is 2.24. The Labute approximate surface area is 213 Å². The maximum Gasteiger partial charge on any atom is 0.243 e. The number of carbonyl (C=O) groups excluding carboxylic acids is 1. The number of nitrogens with zero attached hydrogens (tertiary/aromatic N) is 3. The highest BCUT2D eigenvalue weighted by atomic mass is 79.9. The third kappa shape index (κ3) is 6.27. The van der Waals surface area contributed by atoms with E-state index in [9.17, 15) is 18.5 Å². The van der Waals surface area contributed by atoms with Crippen LogP contribution in [0.1, 0.15) is 23.2 Å². The van der Waals surface area contributed by atoms with Gasteiger partial charge in [-0.05, 0) is 54.8 Å². The van der Waals surface area contributed by atoms with Crippen molar-refractivity contribution in [2.45, 2.75) is 37.4 Å². The lowest BCUT2D eigenvalue weighted by Crippen LogP contribution is -2.47. The summed E-state index contributed by atoms with van der Waals surface area (Å²) >= 11 is 9.59. The van der Waals surface area contributed by atoms with E-state index in [0.717, 1.165) is 10.0 Å². The molecule has 0 saturated carbocycles. The number of aromatic nitrogens is 1. The molecule has 7 nitrogen and oxygen atoms in total. The molecule has 1 heterocycles. The predicted octanol–water partition coefficient (Wildman–Crippen LogP) is 4.48. The van der Waals surface area contributed by atoms with Gasteiger partial charge in [-0.15, -0.1) is 0 Å². The Morgan fingerprint density at radius 3 is 2.56 bits per heavy atom. The lowest BCUT2D eigenvalue weighted by molar-refractivity contribution is -0.132. The van der Waals surface area contributed by atoms with E-state index < -0.39 is 16.1 Å². The van der Waals surface area contributed by atoms with E-state index in [0.29, 0.717) is 17.8 Å². The Morgan fingerprint density at radius 1 is 1.21 bits per heavy atom. The van der Waals surface area contributed by atoms with Crippen LogP contribution in [0.25, 0.3) is 0 Å². The SMILES string of the molecule is Cc1cccc(Cl)c1S(=O)(=O)NC(CCn1cccc1C#N)C(=O)N(C)Cc1ccc(Br)cc1. The first-order chi connectivity index (χ1) is 16.1. The van der Waals surface area contributed by atoms with Crippen LogP contribution in [0, 0.1) is 18.3 Å². The first-order valence-corrected chi connectivity index (χ1v) is 13.1. The zero-order chi connectivity index (χ0) is 24.9. The predicted molar refractivity (Wildman–Crippen MR) is 135 cm³/mol. The third-order valence-electron chi connectivity index (χ3n) is 5.34. The molecule has 1 atom stereocenters. The number of hydrogen-bond acceptors (Lipinski definition) is 4. The second kappa shape index (κ2) is 11.2. The lowest BCUT2D eigenvalue weighted by atomic mass is 10.1. The van der Waals surface area contributed by atoms with Crippen molar-refractivity contribution in [2.75, 3.05) is 7.05 Å². The quantitative estimate of drug-likeness (QED) is 0.415. The van der Waals surface area contributed by atoms with Gasteiger partial charge in [0.05, 0.1) is 5.02 Å². The summed E-state index contributed by atoms with van der Waals surface area (Å²) in [5.74, 6) is -0.387. The second-order valence-corrected chi connectivity index (χ2v) is 10.8. The fraction of sp³-hybridized carbons (Fsp3) is 0.250. The maximum absolute atomic E-state index is 13.4. The van der Waals surface area contributed by atoms with Crippen LogP contribution >= 0.6 is 27.5 Å². The van der Waals surface area contributed by atoms with E-state index in [1.807, 2.05) is 24.3 Å². The number of nitriles is 1. The molecule has 34 heavy (non-hydrogen) atoms.